The maximum atomic E-state index is 13.0. The molecular formula is C17H16N2OS2. The van der Waals surface area contributed by atoms with Gasteiger partial charge in [-0.15, -0.1) is 0 Å². The summed E-state index contributed by atoms with van der Waals surface area (Å²) in [6, 6.07) is 19.6. The van der Waals surface area contributed by atoms with Crippen LogP contribution in [0.5, 0.6) is 0 Å². The summed E-state index contributed by atoms with van der Waals surface area (Å²) in [6.45, 7) is 1.88. The molecular weight excluding hydrogens is 312 g/mol. The number of hydrogen-bond acceptors (Lipinski definition) is 4. The third-order valence-electron chi connectivity index (χ3n) is 3.55. The van der Waals surface area contributed by atoms with Crippen molar-refractivity contribution < 1.29 is 4.79 Å². The molecule has 0 fully saturated rings. The molecule has 0 saturated heterocycles. The van der Waals surface area contributed by atoms with E-state index in [-0.39, 0.29) is 5.91 Å². The van der Waals surface area contributed by atoms with Gasteiger partial charge in [0.1, 0.15) is 0 Å². The lowest BCUT2D eigenvalue weighted by atomic mass is 9.93. The predicted octanol–water partition coefficient (Wildman–Crippen LogP) is 4.17. The number of nitrogens with zero attached hydrogens (tertiary/aromatic N) is 2. The number of carbonyl (C=O) groups is 1. The monoisotopic (exact) mass is 328 g/mol. The van der Waals surface area contributed by atoms with Crippen LogP contribution in [-0.2, 0) is 10.3 Å². The minimum Gasteiger partial charge on any atom is -0.270 e. The van der Waals surface area contributed by atoms with Crippen LogP contribution in [0.4, 0.5) is 0 Å². The highest BCUT2D eigenvalue weighted by atomic mass is 32.2. The summed E-state index contributed by atoms with van der Waals surface area (Å²) in [5, 5.41) is 0.741. The Morgan fingerprint density at radius 1 is 1.00 bits per heavy atom. The van der Waals surface area contributed by atoms with E-state index in [9.17, 15) is 4.79 Å². The number of carbonyl (C=O) groups excluding carboxylic acids is 1. The van der Waals surface area contributed by atoms with Gasteiger partial charge in [-0.3, -0.25) is 4.79 Å². The largest absolute Gasteiger partial charge is 0.271 e. The van der Waals surface area contributed by atoms with Crippen LogP contribution in [0.25, 0.3) is 0 Å². The molecule has 0 spiro atoms. The van der Waals surface area contributed by atoms with Gasteiger partial charge < -0.3 is 0 Å². The number of rotatable bonds is 3. The van der Waals surface area contributed by atoms with Crippen molar-refractivity contribution in [1.82, 2.24) is 4.31 Å². The van der Waals surface area contributed by atoms with E-state index in [2.05, 4.69) is 0 Å². The Morgan fingerprint density at radius 2 is 1.59 bits per heavy atom. The van der Waals surface area contributed by atoms with Crippen molar-refractivity contribution >= 4 is 34.8 Å². The Labute approximate surface area is 139 Å². The van der Waals surface area contributed by atoms with Crippen LogP contribution >= 0.6 is 23.7 Å². The maximum absolute atomic E-state index is 13.0. The van der Waals surface area contributed by atoms with Crippen LogP contribution < -0.4 is 0 Å². The van der Waals surface area contributed by atoms with E-state index in [1.807, 2.05) is 73.8 Å². The molecule has 0 aromatic heterocycles. The zero-order valence-corrected chi connectivity index (χ0v) is 14.0. The lowest BCUT2D eigenvalue weighted by Gasteiger charge is -2.22. The molecule has 2 aromatic carbocycles. The van der Waals surface area contributed by atoms with Crippen LogP contribution in [0.15, 0.2) is 70.6 Å². The zero-order chi connectivity index (χ0) is 15.6. The van der Waals surface area contributed by atoms with Gasteiger partial charge in [-0.05, 0) is 42.8 Å². The number of amidine groups is 1. The van der Waals surface area contributed by atoms with Gasteiger partial charge in [0.2, 0.25) is 0 Å². The van der Waals surface area contributed by atoms with E-state index in [0.717, 1.165) is 15.6 Å². The number of benzene rings is 2. The van der Waals surface area contributed by atoms with Crippen LogP contribution in [0.2, 0.25) is 0 Å². The number of thioether (sulfide) groups is 1. The molecule has 0 aliphatic carbocycles. The molecule has 1 heterocycles. The van der Waals surface area contributed by atoms with Crippen molar-refractivity contribution in [2.24, 2.45) is 4.99 Å². The fourth-order valence-corrected chi connectivity index (χ4v) is 4.04. The average Bonchev–Trinajstić information content (AvgIpc) is 2.82. The van der Waals surface area contributed by atoms with Gasteiger partial charge in [-0.2, -0.15) is 0 Å². The molecule has 2 aromatic rings. The SMILES string of the molecule is CSC1=NC(C)(c2ccccc2)C(=O)N1Sc1ccccc1. The number of hydrogen-bond donors (Lipinski definition) is 0. The molecule has 0 bridgehead atoms. The Kier molecular flexibility index (Phi) is 4.27. The lowest BCUT2D eigenvalue weighted by Crippen LogP contribution is -2.34. The van der Waals surface area contributed by atoms with E-state index in [4.69, 9.17) is 4.99 Å². The summed E-state index contributed by atoms with van der Waals surface area (Å²) in [5.74, 6) is -0.00287. The van der Waals surface area contributed by atoms with Gasteiger partial charge >= 0.3 is 0 Å². The summed E-state index contributed by atoms with van der Waals surface area (Å²) < 4.78 is 1.70. The van der Waals surface area contributed by atoms with Gasteiger partial charge in [0.05, 0.1) is 0 Å². The topological polar surface area (TPSA) is 32.7 Å². The van der Waals surface area contributed by atoms with Crippen LogP contribution in [-0.4, -0.2) is 21.6 Å². The Hall–Kier alpha value is -1.72. The molecule has 5 heteroatoms. The second kappa shape index (κ2) is 6.18. The second-order valence-electron chi connectivity index (χ2n) is 5.04. The minimum atomic E-state index is -0.846. The first-order chi connectivity index (χ1) is 10.6. The highest BCUT2D eigenvalue weighted by molar-refractivity contribution is 8.15. The molecule has 1 aliphatic rings. The van der Waals surface area contributed by atoms with E-state index < -0.39 is 5.54 Å². The van der Waals surface area contributed by atoms with Crippen molar-refractivity contribution in [3.8, 4) is 0 Å². The molecule has 1 aliphatic heterocycles. The molecule has 1 unspecified atom stereocenters. The molecule has 0 radical (unpaired) electrons. The molecule has 22 heavy (non-hydrogen) atoms. The van der Waals surface area contributed by atoms with Gasteiger partial charge in [0, 0.05) is 4.90 Å². The third-order valence-corrected chi connectivity index (χ3v) is 5.31. The van der Waals surface area contributed by atoms with Gasteiger partial charge in [-0.1, -0.05) is 60.3 Å². The smallest absolute Gasteiger partial charge is 0.270 e. The summed E-state index contributed by atoms with van der Waals surface area (Å²) in [6.07, 6.45) is 1.95. The fourth-order valence-electron chi connectivity index (χ4n) is 2.32. The first-order valence-corrected chi connectivity index (χ1v) is 8.92. The normalized spacial score (nSPS) is 21.1. The predicted molar refractivity (Wildman–Crippen MR) is 93.9 cm³/mol. The fraction of sp³-hybridized carbons (Fsp3) is 0.176. The molecule has 3 nitrogen and oxygen atoms in total. The Bertz CT molecular complexity index is 703. The molecule has 1 amide bonds. The first-order valence-electron chi connectivity index (χ1n) is 6.92. The van der Waals surface area contributed by atoms with E-state index in [0.29, 0.717) is 0 Å². The Balaban J connectivity index is 1.94. The van der Waals surface area contributed by atoms with E-state index in [1.54, 1.807) is 4.31 Å². The van der Waals surface area contributed by atoms with E-state index in [1.165, 1.54) is 23.7 Å². The highest BCUT2D eigenvalue weighted by Crippen LogP contribution is 2.40. The van der Waals surface area contributed by atoms with Crippen LogP contribution in [0, 0.1) is 0 Å². The maximum Gasteiger partial charge on any atom is 0.271 e. The summed E-state index contributed by atoms with van der Waals surface area (Å²) in [4.78, 5) is 18.7. The number of amides is 1. The highest BCUT2D eigenvalue weighted by Gasteiger charge is 2.46. The summed E-state index contributed by atoms with van der Waals surface area (Å²) in [5.41, 5.74) is 0.0733. The standard InChI is InChI=1S/C17H16N2OS2/c1-17(13-9-5-3-6-10-13)15(20)19(16(18-17)21-2)22-14-11-7-4-8-12-14/h3-12H,1-2H3. The van der Waals surface area contributed by atoms with Gasteiger partial charge in [-0.25, -0.2) is 9.30 Å². The Morgan fingerprint density at radius 3 is 2.18 bits per heavy atom. The second-order valence-corrected chi connectivity index (χ2v) is 6.83. The van der Waals surface area contributed by atoms with Gasteiger partial charge in [0.15, 0.2) is 10.7 Å². The quantitative estimate of drug-likeness (QED) is 0.793. The minimum absolute atomic E-state index is 0.00287. The van der Waals surface area contributed by atoms with Crippen molar-refractivity contribution in [2.45, 2.75) is 17.4 Å². The van der Waals surface area contributed by atoms with Crippen molar-refractivity contribution in [3.05, 3.63) is 66.2 Å². The van der Waals surface area contributed by atoms with E-state index >= 15 is 0 Å². The first kappa shape index (κ1) is 15.2. The molecule has 1 atom stereocenters. The molecule has 3 rings (SSSR count). The lowest BCUT2D eigenvalue weighted by molar-refractivity contribution is -0.127. The molecule has 0 N–H and O–H groups in total. The zero-order valence-electron chi connectivity index (χ0n) is 12.4. The van der Waals surface area contributed by atoms with Crippen molar-refractivity contribution in [2.75, 3.05) is 6.26 Å². The van der Waals surface area contributed by atoms with Crippen LogP contribution in [0.1, 0.15) is 12.5 Å². The summed E-state index contributed by atoms with van der Waals surface area (Å²) >= 11 is 2.92. The van der Waals surface area contributed by atoms with Crippen molar-refractivity contribution in [3.63, 3.8) is 0 Å². The third kappa shape index (κ3) is 2.66. The molecule has 0 saturated carbocycles. The number of aliphatic imine (C=N–C) groups is 1. The summed E-state index contributed by atoms with van der Waals surface area (Å²) in [7, 11) is 0. The van der Waals surface area contributed by atoms with Gasteiger partial charge in [0.25, 0.3) is 5.91 Å². The average molecular weight is 328 g/mol. The van der Waals surface area contributed by atoms with Crippen molar-refractivity contribution in [1.29, 1.82) is 0 Å². The van der Waals surface area contributed by atoms with Crippen LogP contribution in [0.3, 0.4) is 0 Å². The molecule has 112 valence electrons.